The molecule has 0 bridgehead atoms. The highest BCUT2D eigenvalue weighted by molar-refractivity contribution is 5.90. The van der Waals surface area contributed by atoms with Crippen molar-refractivity contribution in [2.45, 2.75) is 111 Å². The van der Waals surface area contributed by atoms with Gasteiger partial charge in [-0.2, -0.15) is 0 Å². The number of nitrogens with zero attached hydrogens (tertiary/aromatic N) is 1. The summed E-state index contributed by atoms with van der Waals surface area (Å²) in [6.45, 7) is 12.4. The molecule has 0 aliphatic heterocycles. The number of carbonyl (C=O) groups excluding carboxylic acids is 1. The second-order valence-electron chi connectivity index (χ2n) is 14.4. The molecule has 0 saturated heterocycles. The zero-order valence-electron chi connectivity index (χ0n) is 24.8. The fraction of sp³-hybridized carbons (Fsp3) is 0.735. The van der Waals surface area contributed by atoms with E-state index in [-0.39, 0.29) is 22.4 Å². The van der Waals surface area contributed by atoms with E-state index in [1.807, 2.05) is 0 Å². The summed E-state index contributed by atoms with van der Waals surface area (Å²) in [7, 11) is 0. The second kappa shape index (κ2) is 11.2. The lowest BCUT2D eigenvalue weighted by Gasteiger charge is -2.58. The molecule has 0 spiro atoms. The monoisotopic (exact) mass is 536 g/mol. The van der Waals surface area contributed by atoms with Crippen molar-refractivity contribution in [3.8, 4) is 0 Å². The molecule has 5 heteroatoms. The summed E-state index contributed by atoms with van der Waals surface area (Å²) in [6.07, 6.45) is 16.0. The molecule has 8 atom stereocenters. The maximum Gasteiger partial charge on any atom is 0.338 e. The summed E-state index contributed by atoms with van der Waals surface area (Å²) in [6, 6.07) is 6.07. The van der Waals surface area contributed by atoms with Crippen LogP contribution in [-0.2, 0) is 4.74 Å². The molecule has 0 amide bonds. The largest absolute Gasteiger partial charge is 0.733 e. The number of anilines is 1. The van der Waals surface area contributed by atoms with Crippen LogP contribution in [0.4, 0.5) is 5.69 Å². The molecule has 4 aliphatic carbocycles. The van der Waals surface area contributed by atoms with E-state index in [1.165, 1.54) is 69.1 Å². The van der Waals surface area contributed by atoms with Gasteiger partial charge in [0.05, 0.1) is 11.3 Å². The molecular weight excluding hydrogens is 486 g/mol. The zero-order valence-corrected chi connectivity index (χ0v) is 24.8. The molecule has 4 aliphatic rings. The SMILES string of the molecule is CC(C)CCC[C@@H](C)[C@@H]1CC[C@@H]2[C@H]3CC=C4C[C@@H](OC(=O)c5cccc(N([O-])O)c5)CC[C@]4(C)[C@@H]3CC[C@]21C. The lowest BCUT2D eigenvalue weighted by atomic mass is 9.47. The Morgan fingerprint density at radius 2 is 1.90 bits per heavy atom. The van der Waals surface area contributed by atoms with Gasteiger partial charge in [-0.25, -0.2) is 4.79 Å². The van der Waals surface area contributed by atoms with Crippen LogP contribution in [0.25, 0.3) is 0 Å². The fourth-order valence-electron chi connectivity index (χ4n) is 9.72. The van der Waals surface area contributed by atoms with E-state index < -0.39 is 5.97 Å². The summed E-state index contributed by atoms with van der Waals surface area (Å²) >= 11 is 0. The topological polar surface area (TPSA) is 72.8 Å². The first-order valence-corrected chi connectivity index (χ1v) is 15.7. The average Bonchev–Trinajstić information content (AvgIpc) is 3.26. The number of ether oxygens (including phenoxy) is 1. The van der Waals surface area contributed by atoms with Gasteiger partial charge in [-0.1, -0.05) is 71.6 Å². The van der Waals surface area contributed by atoms with Crippen LogP contribution in [0.3, 0.4) is 0 Å². The molecule has 3 saturated carbocycles. The Bertz CT molecular complexity index is 1070. The highest BCUT2D eigenvalue weighted by Gasteiger charge is 2.59. The molecule has 1 N–H and O–H groups in total. The standard InChI is InChI=1S/C34H50NO4/c1-22(2)8-6-9-23(3)29-14-15-30-28-13-12-25-21-27(16-18-33(25,4)31(28)17-19-34(29,30)5)39-32(36)24-10-7-11-26(20-24)35(37)38/h7,10-12,20,22-23,27-31,37H,6,8-9,13-19,21H2,1-5H3/q-1/t23-,27+,28-,29+,30-,31-,33+,34+/m1/s1. The Kier molecular flexibility index (Phi) is 8.23. The number of hydrogen-bond acceptors (Lipinski definition) is 5. The van der Waals surface area contributed by atoms with Gasteiger partial charge < -0.3 is 15.2 Å². The van der Waals surface area contributed by atoms with Crippen molar-refractivity contribution in [1.29, 1.82) is 0 Å². The van der Waals surface area contributed by atoms with Crippen molar-refractivity contribution in [1.82, 2.24) is 0 Å². The van der Waals surface area contributed by atoms with Crippen molar-refractivity contribution in [3.63, 3.8) is 0 Å². The molecule has 0 unspecified atom stereocenters. The van der Waals surface area contributed by atoms with E-state index >= 15 is 0 Å². The quantitative estimate of drug-likeness (QED) is 0.204. The van der Waals surface area contributed by atoms with Gasteiger partial charge in [0, 0.05) is 6.42 Å². The second-order valence-corrected chi connectivity index (χ2v) is 14.4. The smallest absolute Gasteiger partial charge is 0.338 e. The summed E-state index contributed by atoms with van der Waals surface area (Å²) in [5.41, 5.74) is 2.55. The highest BCUT2D eigenvalue weighted by atomic mass is 16.8. The normalized spacial score (nSPS) is 36.4. The van der Waals surface area contributed by atoms with Gasteiger partial charge in [0.2, 0.25) is 0 Å². The van der Waals surface area contributed by atoms with Crippen LogP contribution in [0.2, 0.25) is 0 Å². The maximum atomic E-state index is 12.9. The minimum absolute atomic E-state index is 0.0325. The first kappa shape index (κ1) is 28.7. The van der Waals surface area contributed by atoms with Gasteiger partial charge in [0.15, 0.2) is 0 Å². The van der Waals surface area contributed by atoms with E-state index in [2.05, 4.69) is 40.7 Å². The number of hydrogen-bond donors (Lipinski definition) is 1. The minimum atomic E-state index is -0.422. The van der Waals surface area contributed by atoms with Crippen LogP contribution in [0.15, 0.2) is 35.9 Å². The molecule has 0 aromatic heterocycles. The average molecular weight is 537 g/mol. The third kappa shape index (κ3) is 5.43. The molecule has 5 rings (SSSR count). The molecule has 0 radical (unpaired) electrons. The number of esters is 1. The fourth-order valence-corrected chi connectivity index (χ4v) is 9.72. The van der Waals surface area contributed by atoms with Gasteiger partial charge >= 0.3 is 5.97 Å². The Morgan fingerprint density at radius 3 is 2.64 bits per heavy atom. The Balaban J connectivity index is 1.24. The summed E-state index contributed by atoms with van der Waals surface area (Å²) in [4.78, 5) is 12.9. The summed E-state index contributed by atoms with van der Waals surface area (Å²) < 4.78 is 5.93. The molecule has 1 aromatic carbocycles. The van der Waals surface area contributed by atoms with Crippen molar-refractivity contribution in [3.05, 3.63) is 46.7 Å². The first-order chi connectivity index (χ1) is 18.5. The third-order valence-electron chi connectivity index (χ3n) is 11.8. The predicted octanol–water partition coefficient (Wildman–Crippen LogP) is 8.95. The lowest BCUT2D eigenvalue weighted by Crippen LogP contribution is -2.51. The van der Waals surface area contributed by atoms with Gasteiger partial charge in [-0.05, 0) is 109 Å². The van der Waals surface area contributed by atoms with Gasteiger partial charge in [-0.3, -0.25) is 5.21 Å². The molecule has 5 nitrogen and oxygen atoms in total. The van der Waals surface area contributed by atoms with Gasteiger partial charge in [-0.15, -0.1) is 0 Å². The Morgan fingerprint density at radius 1 is 1.10 bits per heavy atom. The van der Waals surface area contributed by atoms with Crippen molar-refractivity contribution >= 4 is 11.7 Å². The van der Waals surface area contributed by atoms with Crippen LogP contribution >= 0.6 is 0 Å². The van der Waals surface area contributed by atoms with Crippen molar-refractivity contribution in [2.75, 3.05) is 5.23 Å². The van der Waals surface area contributed by atoms with E-state index in [4.69, 9.17) is 4.74 Å². The van der Waals surface area contributed by atoms with E-state index in [0.717, 1.165) is 54.8 Å². The van der Waals surface area contributed by atoms with Crippen LogP contribution < -0.4 is 5.23 Å². The molecule has 39 heavy (non-hydrogen) atoms. The number of fused-ring (bicyclic) bond motifs is 5. The van der Waals surface area contributed by atoms with E-state index in [0.29, 0.717) is 11.0 Å². The zero-order chi connectivity index (χ0) is 27.9. The predicted molar refractivity (Wildman–Crippen MR) is 156 cm³/mol. The molecule has 0 heterocycles. The van der Waals surface area contributed by atoms with Crippen LogP contribution in [0, 0.1) is 51.5 Å². The molecular formula is C34H50NO4-. The summed E-state index contributed by atoms with van der Waals surface area (Å²) in [5, 5.41) is 20.2. The summed E-state index contributed by atoms with van der Waals surface area (Å²) in [5.74, 6) is 4.48. The molecule has 1 aromatic rings. The van der Waals surface area contributed by atoms with Gasteiger partial charge in [0.1, 0.15) is 6.10 Å². The van der Waals surface area contributed by atoms with E-state index in [1.54, 1.807) is 12.1 Å². The molecule has 3 fully saturated rings. The van der Waals surface area contributed by atoms with Crippen molar-refractivity contribution in [2.24, 2.45) is 46.3 Å². The number of allylic oxidation sites excluding steroid dienone is 1. The molecule has 216 valence electrons. The van der Waals surface area contributed by atoms with Crippen LogP contribution in [-0.4, -0.2) is 17.3 Å². The Labute approximate surface area is 235 Å². The highest BCUT2D eigenvalue weighted by Crippen LogP contribution is 2.67. The lowest BCUT2D eigenvalue weighted by molar-refractivity contribution is -0.0594. The first-order valence-electron chi connectivity index (χ1n) is 15.7. The van der Waals surface area contributed by atoms with Gasteiger partial charge in [0.25, 0.3) is 0 Å². The number of benzene rings is 1. The van der Waals surface area contributed by atoms with Crippen molar-refractivity contribution < 1.29 is 14.7 Å². The third-order valence-corrected chi connectivity index (χ3v) is 11.8. The Hall–Kier alpha value is -1.85. The van der Waals surface area contributed by atoms with E-state index in [9.17, 15) is 15.2 Å². The minimum Gasteiger partial charge on any atom is -0.733 e. The van der Waals surface area contributed by atoms with Crippen LogP contribution in [0.5, 0.6) is 0 Å². The number of carbonyl (C=O) groups is 1. The maximum absolute atomic E-state index is 12.9. The number of rotatable bonds is 8. The van der Waals surface area contributed by atoms with Crippen LogP contribution in [0.1, 0.15) is 116 Å².